The van der Waals surface area contributed by atoms with Crippen LogP contribution in [0.3, 0.4) is 0 Å². The molecule has 0 amide bonds. The summed E-state index contributed by atoms with van der Waals surface area (Å²) < 4.78 is 23.8. The van der Waals surface area contributed by atoms with Crippen LogP contribution in [0.4, 0.5) is 0 Å². The Balaban J connectivity index is 4.92. The number of nitrogens with zero attached hydrogens (tertiary/aromatic N) is 1. The van der Waals surface area contributed by atoms with Gasteiger partial charge in [-0.25, -0.2) is 8.42 Å². The summed E-state index contributed by atoms with van der Waals surface area (Å²) in [4.78, 5) is 10.9. The van der Waals surface area contributed by atoms with Crippen molar-refractivity contribution in [2.45, 2.75) is 39.4 Å². The Morgan fingerprint density at radius 2 is 1.88 bits per heavy atom. The summed E-state index contributed by atoms with van der Waals surface area (Å²) in [5, 5.41) is 16.3. The molecular formula is C11H19NO4S. The predicted molar refractivity (Wildman–Crippen MR) is 64.1 cm³/mol. The summed E-state index contributed by atoms with van der Waals surface area (Å²) in [7, 11) is -3.71. The third-order valence-corrected chi connectivity index (χ3v) is 4.84. The summed E-state index contributed by atoms with van der Waals surface area (Å²) in [5.41, 5.74) is -0.757. The molecule has 0 aromatic heterocycles. The van der Waals surface area contributed by atoms with E-state index in [9.17, 15) is 13.2 Å². The first-order valence-electron chi connectivity index (χ1n) is 5.39. The van der Waals surface area contributed by atoms with E-state index in [4.69, 9.17) is 10.4 Å². The van der Waals surface area contributed by atoms with Gasteiger partial charge in [0.1, 0.15) is 0 Å². The Kier molecular flexibility index (Phi) is 5.14. The molecule has 0 aliphatic rings. The van der Waals surface area contributed by atoms with Crippen molar-refractivity contribution in [2.75, 3.05) is 5.75 Å². The molecule has 0 aliphatic carbocycles. The van der Waals surface area contributed by atoms with E-state index in [2.05, 4.69) is 0 Å². The SMILES string of the molecule is CC(C)C(C(=O)O)S(=O)(=O)CCC(C)(C)C#N. The lowest BCUT2D eigenvalue weighted by atomic mass is 9.93. The van der Waals surface area contributed by atoms with E-state index in [0.717, 1.165) is 0 Å². The summed E-state index contributed by atoms with van der Waals surface area (Å²) in [6.07, 6.45) is 0.141. The van der Waals surface area contributed by atoms with Crippen molar-refractivity contribution in [1.29, 1.82) is 5.26 Å². The molecule has 1 N–H and O–H groups in total. The van der Waals surface area contributed by atoms with Crippen LogP contribution in [-0.4, -0.2) is 30.5 Å². The molecule has 0 aromatic carbocycles. The van der Waals surface area contributed by atoms with E-state index >= 15 is 0 Å². The summed E-state index contributed by atoms with van der Waals surface area (Å²) in [5.74, 6) is -2.08. The van der Waals surface area contributed by atoms with Gasteiger partial charge in [-0.1, -0.05) is 13.8 Å². The lowest BCUT2D eigenvalue weighted by molar-refractivity contribution is -0.137. The first-order valence-corrected chi connectivity index (χ1v) is 7.10. The third kappa shape index (κ3) is 4.73. The lowest BCUT2D eigenvalue weighted by Crippen LogP contribution is -2.37. The highest BCUT2D eigenvalue weighted by molar-refractivity contribution is 7.92. The van der Waals surface area contributed by atoms with Crippen LogP contribution in [0.1, 0.15) is 34.1 Å². The van der Waals surface area contributed by atoms with Gasteiger partial charge in [-0.3, -0.25) is 4.79 Å². The summed E-state index contributed by atoms with van der Waals surface area (Å²) >= 11 is 0. The van der Waals surface area contributed by atoms with Gasteiger partial charge >= 0.3 is 5.97 Å². The maximum Gasteiger partial charge on any atom is 0.322 e. The van der Waals surface area contributed by atoms with Crippen LogP contribution in [0.2, 0.25) is 0 Å². The molecule has 17 heavy (non-hydrogen) atoms. The van der Waals surface area contributed by atoms with Gasteiger partial charge < -0.3 is 5.11 Å². The molecule has 0 aliphatic heterocycles. The molecule has 0 saturated heterocycles. The molecule has 0 heterocycles. The molecule has 0 aromatic rings. The van der Waals surface area contributed by atoms with Gasteiger partial charge in [-0.15, -0.1) is 0 Å². The molecule has 5 nitrogen and oxygen atoms in total. The number of nitriles is 1. The van der Waals surface area contributed by atoms with Crippen LogP contribution in [0.15, 0.2) is 0 Å². The number of aliphatic carboxylic acids is 1. The van der Waals surface area contributed by atoms with Gasteiger partial charge in [0.25, 0.3) is 0 Å². The Morgan fingerprint density at radius 3 is 2.18 bits per heavy atom. The molecular weight excluding hydrogens is 242 g/mol. The maximum atomic E-state index is 11.9. The molecule has 98 valence electrons. The quantitative estimate of drug-likeness (QED) is 0.780. The molecule has 0 radical (unpaired) electrons. The van der Waals surface area contributed by atoms with Crippen LogP contribution in [0, 0.1) is 22.7 Å². The molecule has 0 bridgehead atoms. The molecule has 0 fully saturated rings. The largest absolute Gasteiger partial charge is 0.480 e. The highest BCUT2D eigenvalue weighted by Crippen LogP contribution is 2.22. The standard InChI is InChI=1S/C11H19NO4S/c1-8(2)9(10(13)14)17(15,16)6-5-11(3,4)7-12/h8-9H,5-6H2,1-4H3,(H,13,14). The second-order valence-corrected chi connectivity index (χ2v) is 7.36. The van der Waals surface area contributed by atoms with Crippen LogP contribution in [0.5, 0.6) is 0 Å². The van der Waals surface area contributed by atoms with Crippen LogP contribution >= 0.6 is 0 Å². The van der Waals surface area contributed by atoms with Crippen molar-refractivity contribution in [1.82, 2.24) is 0 Å². The summed E-state index contributed by atoms with van der Waals surface area (Å²) in [6.45, 7) is 6.39. The van der Waals surface area contributed by atoms with E-state index in [1.807, 2.05) is 6.07 Å². The molecule has 0 rings (SSSR count). The van der Waals surface area contributed by atoms with Crippen molar-refractivity contribution in [2.24, 2.45) is 11.3 Å². The highest BCUT2D eigenvalue weighted by Gasteiger charge is 2.36. The van der Waals surface area contributed by atoms with E-state index in [0.29, 0.717) is 0 Å². The van der Waals surface area contributed by atoms with Crippen LogP contribution in [0.25, 0.3) is 0 Å². The van der Waals surface area contributed by atoms with Crippen molar-refractivity contribution < 1.29 is 18.3 Å². The number of rotatable bonds is 6. The Hall–Kier alpha value is -1.09. The minimum absolute atomic E-state index is 0.141. The average molecular weight is 261 g/mol. The molecule has 6 heteroatoms. The van der Waals surface area contributed by atoms with Gasteiger partial charge in [0, 0.05) is 0 Å². The first kappa shape index (κ1) is 15.9. The van der Waals surface area contributed by atoms with E-state index in [-0.39, 0.29) is 12.2 Å². The number of sulfone groups is 1. The smallest absolute Gasteiger partial charge is 0.322 e. The first-order chi connectivity index (χ1) is 7.53. The van der Waals surface area contributed by atoms with Gasteiger partial charge in [-0.2, -0.15) is 5.26 Å². The monoisotopic (exact) mass is 261 g/mol. The average Bonchev–Trinajstić information content (AvgIpc) is 2.13. The van der Waals surface area contributed by atoms with Crippen molar-refractivity contribution in [3.8, 4) is 6.07 Å². The fourth-order valence-corrected chi connectivity index (χ4v) is 3.62. The van der Waals surface area contributed by atoms with Crippen molar-refractivity contribution in [3.63, 3.8) is 0 Å². The number of hydrogen-bond acceptors (Lipinski definition) is 4. The minimum atomic E-state index is -3.71. The predicted octanol–water partition coefficient (Wildman–Crippen LogP) is 1.45. The zero-order chi connectivity index (χ0) is 13.9. The van der Waals surface area contributed by atoms with Crippen LogP contribution < -0.4 is 0 Å². The number of hydrogen-bond donors (Lipinski definition) is 1. The van der Waals surface area contributed by atoms with Gasteiger partial charge in [-0.05, 0) is 26.2 Å². The number of carbonyl (C=O) groups is 1. The normalized spacial score (nSPS) is 14.4. The molecule has 0 spiro atoms. The second-order valence-electron chi connectivity index (χ2n) is 5.12. The van der Waals surface area contributed by atoms with Gasteiger partial charge in [0.15, 0.2) is 15.1 Å². The van der Waals surface area contributed by atoms with Gasteiger partial charge in [0.05, 0.1) is 17.2 Å². The minimum Gasteiger partial charge on any atom is -0.480 e. The fraction of sp³-hybridized carbons (Fsp3) is 0.818. The zero-order valence-electron chi connectivity index (χ0n) is 10.6. The van der Waals surface area contributed by atoms with E-state index in [1.165, 1.54) is 0 Å². The molecule has 1 unspecified atom stereocenters. The third-order valence-electron chi connectivity index (χ3n) is 2.55. The number of carboxylic acid groups (broad SMARTS) is 1. The second kappa shape index (κ2) is 5.50. The Morgan fingerprint density at radius 1 is 1.41 bits per heavy atom. The van der Waals surface area contributed by atoms with Crippen molar-refractivity contribution >= 4 is 15.8 Å². The Bertz CT molecular complexity index is 417. The maximum absolute atomic E-state index is 11.9. The molecule has 1 atom stereocenters. The highest BCUT2D eigenvalue weighted by atomic mass is 32.2. The van der Waals surface area contributed by atoms with Crippen LogP contribution in [-0.2, 0) is 14.6 Å². The topological polar surface area (TPSA) is 95.2 Å². The number of carboxylic acids is 1. The van der Waals surface area contributed by atoms with E-state index < -0.39 is 32.4 Å². The fourth-order valence-electron chi connectivity index (χ4n) is 1.43. The van der Waals surface area contributed by atoms with Gasteiger partial charge in [0.2, 0.25) is 0 Å². The lowest BCUT2D eigenvalue weighted by Gasteiger charge is -2.20. The Labute approximate surface area is 102 Å². The summed E-state index contributed by atoms with van der Waals surface area (Å²) in [6, 6.07) is 2.00. The zero-order valence-corrected chi connectivity index (χ0v) is 11.4. The molecule has 0 saturated carbocycles. The van der Waals surface area contributed by atoms with E-state index in [1.54, 1.807) is 27.7 Å². The van der Waals surface area contributed by atoms with Crippen molar-refractivity contribution in [3.05, 3.63) is 0 Å².